The fourth-order valence-electron chi connectivity index (χ4n) is 1.36. The Balaban J connectivity index is 2.66. The Kier molecular flexibility index (Phi) is 5.93. The summed E-state index contributed by atoms with van der Waals surface area (Å²) in [5, 5.41) is 10.2. The monoisotopic (exact) mass is 290 g/mol. The lowest BCUT2D eigenvalue weighted by Gasteiger charge is -2.17. The minimum atomic E-state index is -0.680. The van der Waals surface area contributed by atoms with Crippen molar-refractivity contribution in [3.8, 4) is 0 Å². The second kappa shape index (κ2) is 6.98. The zero-order chi connectivity index (χ0) is 13.7. The number of carbonyl (C=O) groups is 1. The van der Waals surface area contributed by atoms with E-state index in [1.54, 1.807) is 18.2 Å². The van der Waals surface area contributed by atoms with E-state index < -0.39 is 12.1 Å². The lowest BCUT2D eigenvalue weighted by molar-refractivity contribution is 0.0106. The molecule has 1 aromatic rings. The van der Waals surface area contributed by atoms with Crippen LogP contribution in [0.5, 0.6) is 0 Å². The van der Waals surface area contributed by atoms with Crippen molar-refractivity contribution in [2.24, 2.45) is 5.92 Å². The molecule has 0 spiro atoms. The molecule has 0 aliphatic rings. The highest BCUT2D eigenvalue weighted by Gasteiger charge is 2.19. The predicted molar refractivity (Wildman–Crippen MR) is 72.2 cm³/mol. The van der Waals surface area contributed by atoms with Gasteiger partial charge in [-0.1, -0.05) is 49.5 Å². The van der Waals surface area contributed by atoms with Crippen molar-refractivity contribution < 1.29 is 14.6 Å². The van der Waals surface area contributed by atoms with Crippen molar-refractivity contribution in [1.82, 2.24) is 0 Å². The smallest absolute Gasteiger partial charge is 0.341 e. The van der Waals surface area contributed by atoms with Crippen molar-refractivity contribution in [2.45, 2.75) is 26.4 Å². The Morgan fingerprint density at radius 1 is 1.39 bits per heavy atom. The first-order chi connectivity index (χ1) is 8.47. The van der Waals surface area contributed by atoms with E-state index in [0.29, 0.717) is 0 Å². The van der Waals surface area contributed by atoms with Crippen molar-refractivity contribution in [2.75, 3.05) is 6.61 Å². The number of carbonyl (C=O) groups excluding carboxylic acids is 1. The summed E-state index contributed by atoms with van der Waals surface area (Å²) in [4.78, 5) is 11.8. The van der Waals surface area contributed by atoms with E-state index >= 15 is 0 Å². The third kappa shape index (κ3) is 3.87. The van der Waals surface area contributed by atoms with Crippen LogP contribution in [0.4, 0.5) is 0 Å². The van der Waals surface area contributed by atoms with E-state index in [2.05, 4.69) is 0 Å². The molecule has 0 aliphatic carbocycles. The largest absolute Gasteiger partial charge is 0.459 e. The molecule has 0 saturated heterocycles. The molecule has 18 heavy (non-hydrogen) atoms. The fourth-order valence-corrected chi connectivity index (χ4v) is 1.91. The van der Waals surface area contributed by atoms with Crippen molar-refractivity contribution in [1.29, 1.82) is 0 Å². The Bertz CT molecular complexity index is 400. The highest BCUT2D eigenvalue weighted by Crippen LogP contribution is 2.25. The van der Waals surface area contributed by atoms with Crippen LogP contribution >= 0.6 is 23.2 Å². The van der Waals surface area contributed by atoms with Crippen LogP contribution in [0, 0.1) is 5.92 Å². The number of esters is 1. The molecule has 1 aromatic carbocycles. The van der Waals surface area contributed by atoms with Crippen molar-refractivity contribution in [3.05, 3.63) is 33.8 Å². The van der Waals surface area contributed by atoms with Gasteiger partial charge in [0, 0.05) is 0 Å². The minimum Gasteiger partial charge on any atom is -0.459 e. The average Bonchev–Trinajstić information content (AvgIpc) is 2.34. The lowest BCUT2D eigenvalue weighted by atomic mass is 10.0. The van der Waals surface area contributed by atoms with Crippen molar-refractivity contribution in [3.63, 3.8) is 0 Å². The number of aliphatic hydroxyl groups excluding tert-OH is 1. The maximum absolute atomic E-state index is 11.8. The van der Waals surface area contributed by atoms with Gasteiger partial charge in [0.2, 0.25) is 0 Å². The number of hydrogen-bond donors (Lipinski definition) is 1. The summed E-state index contributed by atoms with van der Waals surface area (Å²) in [5.41, 5.74) is 0.136. The van der Waals surface area contributed by atoms with Crippen molar-refractivity contribution >= 4 is 29.2 Å². The number of aliphatic hydroxyl groups is 1. The van der Waals surface area contributed by atoms with Gasteiger partial charge in [-0.2, -0.15) is 0 Å². The molecule has 0 heterocycles. The third-order valence-corrected chi connectivity index (χ3v) is 3.48. The summed E-state index contributed by atoms with van der Waals surface area (Å²) < 4.78 is 5.02. The normalized spacial score (nSPS) is 14.1. The Morgan fingerprint density at radius 3 is 2.44 bits per heavy atom. The van der Waals surface area contributed by atoms with Crippen LogP contribution in [-0.4, -0.2) is 23.8 Å². The fraction of sp³-hybridized carbons (Fsp3) is 0.462. The van der Waals surface area contributed by atoms with Crippen LogP contribution in [0.15, 0.2) is 18.2 Å². The molecule has 2 unspecified atom stereocenters. The summed E-state index contributed by atoms with van der Waals surface area (Å²) >= 11 is 11.8. The minimum absolute atomic E-state index is 0.0601. The second-order valence-electron chi connectivity index (χ2n) is 4.15. The average molecular weight is 291 g/mol. The van der Waals surface area contributed by atoms with Gasteiger partial charge in [-0.25, -0.2) is 4.79 Å². The number of hydrogen-bond acceptors (Lipinski definition) is 3. The number of halogens is 2. The molecular formula is C13H16Cl2O3. The maximum atomic E-state index is 11.8. The molecule has 1 N–H and O–H groups in total. The van der Waals surface area contributed by atoms with Gasteiger partial charge >= 0.3 is 5.97 Å². The molecule has 3 nitrogen and oxygen atoms in total. The first-order valence-corrected chi connectivity index (χ1v) is 6.52. The van der Waals surface area contributed by atoms with Gasteiger partial charge in [-0.15, -0.1) is 0 Å². The van der Waals surface area contributed by atoms with E-state index in [-0.39, 0.29) is 28.1 Å². The van der Waals surface area contributed by atoms with Gasteiger partial charge in [0.15, 0.2) is 0 Å². The molecule has 0 fully saturated rings. The van der Waals surface area contributed by atoms with Gasteiger partial charge in [-0.3, -0.25) is 0 Å². The highest BCUT2D eigenvalue weighted by atomic mass is 35.5. The van der Waals surface area contributed by atoms with E-state index in [4.69, 9.17) is 27.9 Å². The molecule has 100 valence electrons. The molecular weight excluding hydrogens is 275 g/mol. The van der Waals surface area contributed by atoms with Crippen LogP contribution in [0.25, 0.3) is 0 Å². The molecule has 0 radical (unpaired) electrons. The quantitative estimate of drug-likeness (QED) is 0.844. The number of ether oxygens (including phenoxy) is 1. The van der Waals surface area contributed by atoms with Crippen LogP contribution < -0.4 is 0 Å². The standard InChI is InChI=1S/C13H16Cl2O3/c1-3-8(2)11(16)7-18-13(17)12-9(14)5-4-6-10(12)15/h4-6,8,11,16H,3,7H2,1-2H3. The molecule has 0 bridgehead atoms. The van der Waals surface area contributed by atoms with Gasteiger partial charge in [0.25, 0.3) is 0 Å². The van der Waals surface area contributed by atoms with E-state index in [9.17, 15) is 9.90 Å². The summed E-state index contributed by atoms with van der Waals surface area (Å²) in [6, 6.07) is 4.78. The summed E-state index contributed by atoms with van der Waals surface area (Å²) in [7, 11) is 0. The van der Waals surface area contributed by atoms with Crippen LogP contribution in [0.2, 0.25) is 10.0 Å². The molecule has 1 rings (SSSR count). The van der Waals surface area contributed by atoms with Crippen LogP contribution in [0.3, 0.4) is 0 Å². The summed E-state index contributed by atoms with van der Waals surface area (Å²) in [6.07, 6.45) is 0.131. The van der Waals surface area contributed by atoms with Crippen LogP contribution in [0.1, 0.15) is 30.6 Å². The Morgan fingerprint density at radius 2 is 1.94 bits per heavy atom. The molecule has 2 atom stereocenters. The van der Waals surface area contributed by atoms with Gasteiger partial charge in [0.05, 0.1) is 21.7 Å². The zero-order valence-electron chi connectivity index (χ0n) is 10.3. The van der Waals surface area contributed by atoms with E-state index in [1.165, 1.54) is 0 Å². The molecule has 0 amide bonds. The predicted octanol–water partition coefficient (Wildman–Crippen LogP) is 3.56. The topological polar surface area (TPSA) is 46.5 Å². The van der Waals surface area contributed by atoms with Gasteiger partial charge < -0.3 is 9.84 Å². The SMILES string of the molecule is CCC(C)C(O)COC(=O)c1c(Cl)cccc1Cl. The Labute approximate surface area is 117 Å². The number of benzene rings is 1. The number of rotatable bonds is 5. The summed E-state index contributed by atoms with van der Waals surface area (Å²) in [5.74, 6) is -0.549. The molecule has 0 saturated carbocycles. The third-order valence-electron chi connectivity index (χ3n) is 2.85. The first kappa shape index (κ1) is 15.3. The summed E-state index contributed by atoms with van der Waals surface area (Å²) in [6.45, 7) is 3.79. The lowest BCUT2D eigenvalue weighted by Crippen LogP contribution is -2.25. The van der Waals surface area contributed by atoms with Gasteiger partial charge in [0.1, 0.15) is 6.61 Å². The first-order valence-electron chi connectivity index (χ1n) is 5.76. The Hall–Kier alpha value is -0.770. The van der Waals surface area contributed by atoms with E-state index in [0.717, 1.165) is 6.42 Å². The molecule has 0 aromatic heterocycles. The molecule has 0 aliphatic heterocycles. The van der Waals surface area contributed by atoms with E-state index in [1.807, 2.05) is 13.8 Å². The van der Waals surface area contributed by atoms with Crippen LogP contribution in [-0.2, 0) is 4.74 Å². The molecule has 5 heteroatoms. The maximum Gasteiger partial charge on any atom is 0.341 e. The highest BCUT2D eigenvalue weighted by molar-refractivity contribution is 6.39. The second-order valence-corrected chi connectivity index (χ2v) is 4.96. The van der Waals surface area contributed by atoms with Gasteiger partial charge in [-0.05, 0) is 18.1 Å². The zero-order valence-corrected chi connectivity index (χ0v) is 11.8.